The van der Waals surface area contributed by atoms with Gasteiger partial charge in [-0.05, 0) is 20.8 Å². The number of rotatable bonds is 4. The van der Waals surface area contributed by atoms with Crippen LogP contribution in [0.15, 0.2) is 0 Å². The van der Waals surface area contributed by atoms with Crippen LogP contribution < -0.4 is 5.32 Å². The Morgan fingerprint density at radius 1 is 1.36 bits per heavy atom. The van der Waals surface area contributed by atoms with Gasteiger partial charge < -0.3 is 10.1 Å². The van der Waals surface area contributed by atoms with Gasteiger partial charge in [-0.2, -0.15) is 14.3 Å². The van der Waals surface area contributed by atoms with E-state index in [2.05, 4.69) is 5.32 Å². The van der Waals surface area contributed by atoms with Crippen LogP contribution in [0.3, 0.4) is 0 Å². The lowest BCUT2D eigenvalue weighted by atomic mass is 9.87. The summed E-state index contributed by atoms with van der Waals surface area (Å²) in [6, 6.07) is 0. The van der Waals surface area contributed by atoms with Gasteiger partial charge in [0.15, 0.2) is 6.10 Å². The first kappa shape index (κ1) is 19.3. The number of carbonyl (C=O) groups is 2. The van der Waals surface area contributed by atoms with Crippen molar-refractivity contribution in [1.29, 1.82) is 0 Å². The first-order valence-electron chi connectivity index (χ1n) is 6.99. The van der Waals surface area contributed by atoms with Crippen molar-refractivity contribution < 1.29 is 33.2 Å². The summed E-state index contributed by atoms with van der Waals surface area (Å²) in [5, 5.41) is 2.54. The van der Waals surface area contributed by atoms with E-state index in [9.17, 15) is 19.4 Å². The molecule has 0 saturated carbocycles. The number of hydrogen-bond donors (Lipinski definition) is 3. The number of hydrogen-bond acceptors (Lipinski definition) is 7. The molecule has 128 valence electrons. The van der Waals surface area contributed by atoms with Gasteiger partial charge in [-0.15, -0.1) is 4.52 Å². The van der Waals surface area contributed by atoms with E-state index >= 15 is 0 Å². The lowest BCUT2D eigenvalue weighted by Crippen LogP contribution is -2.50. The van der Waals surface area contributed by atoms with E-state index in [4.69, 9.17) is 13.8 Å². The fraction of sp³-hybridized carbons (Fsp3) is 0.846. The van der Waals surface area contributed by atoms with Crippen molar-refractivity contribution >= 4 is 20.0 Å². The minimum Gasteiger partial charge on any atom is -0.460 e. The quantitative estimate of drug-likeness (QED) is 0.516. The largest absolute Gasteiger partial charge is 0.570 e. The summed E-state index contributed by atoms with van der Waals surface area (Å²) in [5.74, 6) is -0.949. The summed E-state index contributed by atoms with van der Waals surface area (Å²) in [6.45, 7) is 8.76. The molecule has 1 heterocycles. The van der Waals surface area contributed by atoms with E-state index in [-0.39, 0.29) is 19.6 Å². The van der Waals surface area contributed by atoms with Crippen molar-refractivity contribution in [2.75, 3.05) is 13.2 Å². The minimum absolute atomic E-state index is 0.0159. The number of amides is 1. The van der Waals surface area contributed by atoms with Crippen molar-refractivity contribution in [2.45, 2.75) is 52.7 Å². The maximum absolute atomic E-state index is 12.1. The Kier molecular flexibility index (Phi) is 5.92. The summed E-state index contributed by atoms with van der Waals surface area (Å²) < 4.78 is 14.9. The molecule has 1 amide bonds. The average molecular weight is 338 g/mol. The Morgan fingerprint density at radius 3 is 2.50 bits per heavy atom. The van der Waals surface area contributed by atoms with Gasteiger partial charge in [0, 0.05) is 12.0 Å². The van der Waals surface area contributed by atoms with E-state index in [0.29, 0.717) is 0 Å². The Balaban J connectivity index is 2.49. The molecule has 0 aromatic rings. The molecule has 1 atom stereocenters. The number of ether oxygens (including phenoxy) is 1. The third kappa shape index (κ3) is 6.14. The molecule has 0 unspecified atom stereocenters. The van der Waals surface area contributed by atoms with Crippen LogP contribution in [-0.4, -0.2) is 46.5 Å². The minimum atomic E-state index is -3.96. The molecule has 1 rings (SSSR count). The third-order valence-corrected chi connectivity index (χ3v) is 3.79. The van der Waals surface area contributed by atoms with Gasteiger partial charge in [0.2, 0.25) is 0 Å². The van der Waals surface area contributed by atoms with E-state index < -0.39 is 37.2 Å². The standard InChI is InChI=1S/C13H24NO7P/c1-12(2,3)20-9(15)6-7-14-11(16)10-13(4,5)8-19-22(17,18)21-10/h10,17-18H,6-8H2,1-5H3/p+1/t10-/m0/s1. The Bertz CT molecular complexity index is 431. The van der Waals surface area contributed by atoms with Crippen LogP contribution in [0.2, 0.25) is 0 Å². The van der Waals surface area contributed by atoms with E-state index in [0.717, 1.165) is 0 Å². The molecule has 1 aliphatic heterocycles. The second kappa shape index (κ2) is 6.76. The molecule has 9 heteroatoms. The van der Waals surface area contributed by atoms with Crippen LogP contribution in [-0.2, 0) is 23.4 Å². The molecule has 0 radical (unpaired) electrons. The third-order valence-electron chi connectivity index (χ3n) is 2.84. The summed E-state index contributed by atoms with van der Waals surface area (Å²) in [4.78, 5) is 42.5. The smallest absolute Gasteiger partial charge is 0.460 e. The fourth-order valence-electron chi connectivity index (χ4n) is 1.81. The maximum atomic E-state index is 12.1. The molecular weight excluding hydrogens is 313 g/mol. The molecule has 22 heavy (non-hydrogen) atoms. The van der Waals surface area contributed by atoms with Gasteiger partial charge in [0.1, 0.15) is 12.2 Å². The molecule has 3 N–H and O–H groups in total. The summed E-state index contributed by atoms with van der Waals surface area (Å²) >= 11 is 0. The van der Waals surface area contributed by atoms with Crippen molar-refractivity contribution in [3.05, 3.63) is 0 Å². The average Bonchev–Trinajstić information content (AvgIpc) is 2.30. The van der Waals surface area contributed by atoms with Gasteiger partial charge in [-0.1, -0.05) is 13.8 Å². The highest BCUT2D eigenvalue weighted by molar-refractivity contribution is 7.54. The van der Waals surface area contributed by atoms with Gasteiger partial charge in [-0.25, -0.2) is 0 Å². The lowest BCUT2D eigenvalue weighted by Gasteiger charge is -2.35. The molecule has 1 saturated heterocycles. The zero-order valence-electron chi connectivity index (χ0n) is 13.6. The van der Waals surface area contributed by atoms with Crippen molar-refractivity contribution in [3.63, 3.8) is 0 Å². The lowest BCUT2D eigenvalue weighted by molar-refractivity contribution is -0.154. The van der Waals surface area contributed by atoms with Crippen molar-refractivity contribution in [2.24, 2.45) is 5.41 Å². The van der Waals surface area contributed by atoms with Crippen LogP contribution in [0.4, 0.5) is 0 Å². The van der Waals surface area contributed by atoms with Gasteiger partial charge in [0.25, 0.3) is 5.91 Å². The zero-order valence-corrected chi connectivity index (χ0v) is 14.5. The number of nitrogens with one attached hydrogen (secondary N) is 1. The molecule has 0 aromatic carbocycles. The molecule has 1 fully saturated rings. The SMILES string of the molecule is CC(C)(C)OC(=O)CCNC(=O)[C@@H]1O[P+](O)(O)OCC1(C)C. The summed E-state index contributed by atoms with van der Waals surface area (Å²) in [6.07, 6.45) is -1.05. The van der Waals surface area contributed by atoms with Crippen LogP contribution in [0, 0.1) is 5.41 Å². The van der Waals surface area contributed by atoms with Gasteiger partial charge in [0.05, 0.1) is 6.42 Å². The monoisotopic (exact) mass is 338 g/mol. The number of esters is 1. The second-order valence-corrected chi connectivity index (χ2v) is 8.32. The van der Waals surface area contributed by atoms with E-state index in [1.54, 1.807) is 34.6 Å². The van der Waals surface area contributed by atoms with Gasteiger partial charge >= 0.3 is 14.1 Å². The zero-order chi connectivity index (χ0) is 17.2. The van der Waals surface area contributed by atoms with Crippen LogP contribution in [0.25, 0.3) is 0 Å². The molecule has 0 spiro atoms. The van der Waals surface area contributed by atoms with Crippen molar-refractivity contribution in [1.82, 2.24) is 5.32 Å². The highest BCUT2D eigenvalue weighted by Gasteiger charge is 2.56. The predicted octanol–water partition coefficient (Wildman–Crippen LogP) is 0.938. The van der Waals surface area contributed by atoms with E-state index in [1.807, 2.05) is 0 Å². The van der Waals surface area contributed by atoms with Gasteiger partial charge in [-0.3, -0.25) is 9.59 Å². The first-order chi connectivity index (χ1) is 9.82. The molecule has 8 nitrogen and oxygen atoms in total. The van der Waals surface area contributed by atoms with Crippen LogP contribution >= 0.6 is 8.17 Å². The van der Waals surface area contributed by atoms with Crippen LogP contribution in [0.5, 0.6) is 0 Å². The molecule has 1 aliphatic rings. The highest BCUT2D eigenvalue weighted by atomic mass is 31.2. The molecule has 0 aliphatic carbocycles. The normalized spacial score (nSPS) is 23.7. The second-order valence-electron chi connectivity index (χ2n) is 6.87. The Hall–Kier alpha value is -0.790. The molecular formula is C13H25NO7P+. The summed E-state index contributed by atoms with van der Waals surface area (Å²) in [7, 11) is -3.96. The maximum Gasteiger partial charge on any atom is 0.570 e. The molecule has 0 aromatic heterocycles. The Morgan fingerprint density at radius 2 is 1.95 bits per heavy atom. The molecule has 0 bridgehead atoms. The predicted molar refractivity (Wildman–Crippen MR) is 79.4 cm³/mol. The summed E-state index contributed by atoms with van der Waals surface area (Å²) in [5.41, 5.74) is -1.30. The van der Waals surface area contributed by atoms with Crippen LogP contribution in [0.1, 0.15) is 41.0 Å². The topological polar surface area (TPSA) is 114 Å². The Labute approximate surface area is 130 Å². The van der Waals surface area contributed by atoms with E-state index in [1.165, 1.54) is 0 Å². The first-order valence-corrected chi connectivity index (χ1v) is 8.52. The number of carbonyl (C=O) groups excluding carboxylic acids is 2. The highest BCUT2D eigenvalue weighted by Crippen LogP contribution is 2.59. The van der Waals surface area contributed by atoms with Crippen molar-refractivity contribution in [3.8, 4) is 0 Å². The fourth-order valence-corrected chi connectivity index (χ4v) is 3.03.